The van der Waals surface area contributed by atoms with Crippen molar-refractivity contribution in [2.75, 3.05) is 0 Å². The van der Waals surface area contributed by atoms with Gasteiger partial charge < -0.3 is 0 Å². The maximum Gasteiger partial charge on any atom is 0.0723 e. The summed E-state index contributed by atoms with van der Waals surface area (Å²) in [5.74, 6) is 0. The van der Waals surface area contributed by atoms with Gasteiger partial charge in [0.25, 0.3) is 0 Å². The first-order valence-electron chi connectivity index (χ1n) is 6.76. The Hall–Kier alpha value is -2.67. The number of hydrogen-bond acceptors (Lipinski definition) is 1. The third kappa shape index (κ3) is 1.15. The Morgan fingerprint density at radius 2 is 1.70 bits per heavy atom. The van der Waals surface area contributed by atoms with Crippen molar-refractivity contribution < 1.29 is 0 Å². The Bertz CT molecular complexity index is 914. The van der Waals surface area contributed by atoms with Gasteiger partial charge in [0.05, 0.1) is 11.0 Å². The average Bonchev–Trinajstić information content (AvgIpc) is 3.04. The van der Waals surface area contributed by atoms with E-state index >= 15 is 0 Å². The van der Waals surface area contributed by atoms with Crippen molar-refractivity contribution in [1.29, 1.82) is 0 Å². The molecule has 0 bridgehead atoms. The second kappa shape index (κ2) is 3.45. The van der Waals surface area contributed by atoms with E-state index in [2.05, 4.69) is 54.6 Å². The molecule has 0 fully saturated rings. The van der Waals surface area contributed by atoms with Crippen LogP contribution in [0.3, 0.4) is 0 Å². The number of rotatable bonds is 0. The molecule has 0 atom stereocenters. The lowest BCUT2D eigenvalue weighted by Gasteiger charge is -2.07. The molecule has 1 radical (unpaired) electrons. The maximum atomic E-state index is 4.74. The second-order valence-corrected chi connectivity index (χ2v) is 5.19. The van der Waals surface area contributed by atoms with Crippen molar-refractivity contribution in [3.63, 3.8) is 0 Å². The summed E-state index contributed by atoms with van der Waals surface area (Å²) in [5.41, 5.74) is 7.34. The highest BCUT2D eigenvalue weighted by Crippen LogP contribution is 2.39. The molecule has 1 heterocycles. The third-order valence-corrected chi connectivity index (χ3v) is 4.09. The molecule has 3 aromatic carbocycles. The minimum atomic E-state index is 1.07. The van der Waals surface area contributed by atoms with E-state index in [0.29, 0.717) is 0 Å². The van der Waals surface area contributed by atoms with Crippen molar-refractivity contribution in [3.05, 3.63) is 76.8 Å². The summed E-state index contributed by atoms with van der Waals surface area (Å²) in [7, 11) is 0. The van der Waals surface area contributed by atoms with Crippen molar-refractivity contribution in [2.24, 2.45) is 4.99 Å². The van der Waals surface area contributed by atoms with Gasteiger partial charge in [-0.2, -0.15) is 0 Å². The first-order chi connectivity index (χ1) is 9.92. The van der Waals surface area contributed by atoms with Crippen molar-refractivity contribution >= 4 is 11.8 Å². The molecular formula is C19H10N. The van der Waals surface area contributed by atoms with Gasteiger partial charge >= 0.3 is 0 Å². The Labute approximate surface area is 116 Å². The predicted octanol–water partition coefficient (Wildman–Crippen LogP) is 3.23. The molecule has 1 nitrogen and oxygen atoms in total. The quantitative estimate of drug-likeness (QED) is 0.401. The lowest BCUT2D eigenvalue weighted by Crippen LogP contribution is -2.11. The normalized spacial score (nSPS) is 12.8. The first kappa shape index (κ1) is 10.2. The SMILES string of the molecule is [c]1cccc2c1C=c1ccc3c(c1-2)-c1ccccc1N=3. The summed E-state index contributed by atoms with van der Waals surface area (Å²) in [6.45, 7) is 0. The Morgan fingerprint density at radius 3 is 2.70 bits per heavy atom. The molecular weight excluding hydrogens is 242 g/mol. The molecule has 1 aliphatic carbocycles. The average molecular weight is 252 g/mol. The first-order valence-corrected chi connectivity index (χ1v) is 6.76. The molecule has 1 heteroatoms. The lowest BCUT2D eigenvalue weighted by atomic mass is 9.95. The van der Waals surface area contributed by atoms with Crippen LogP contribution in [0.15, 0.2) is 59.6 Å². The van der Waals surface area contributed by atoms with E-state index in [1.54, 1.807) is 0 Å². The van der Waals surface area contributed by atoms with Crippen molar-refractivity contribution in [1.82, 2.24) is 0 Å². The Balaban J connectivity index is 1.98. The third-order valence-electron chi connectivity index (χ3n) is 4.09. The predicted molar refractivity (Wildman–Crippen MR) is 80.2 cm³/mol. The number of benzene rings is 3. The van der Waals surface area contributed by atoms with Gasteiger partial charge in [-0.25, -0.2) is 4.99 Å². The van der Waals surface area contributed by atoms with Crippen LogP contribution < -0.4 is 10.6 Å². The van der Waals surface area contributed by atoms with Gasteiger partial charge in [0, 0.05) is 11.1 Å². The smallest absolute Gasteiger partial charge is 0.0723 e. The molecule has 91 valence electrons. The number of fused-ring (bicyclic) bond motifs is 7. The van der Waals surface area contributed by atoms with Crippen LogP contribution >= 0.6 is 0 Å². The fourth-order valence-corrected chi connectivity index (χ4v) is 3.24. The van der Waals surface area contributed by atoms with Crippen LogP contribution in [0, 0.1) is 6.07 Å². The topological polar surface area (TPSA) is 12.4 Å². The fourth-order valence-electron chi connectivity index (χ4n) is 3.24. The molecule has 0 saturated carbocycles. The maximum absolute atomic E-state index is 4.74. The van der Waals surface area contributed by atoms with E-state index in [1.807, 2.05) is 12.1 Å². The van der Waals surface area contributed by atoms with Gasteiger partial charge in [0.2, 0.25) is 0 Å². The van der Waals surface area contributed by atoms with Crippen LogP contribution in [0.1, 0.15) is 5.56 Å². The molecule has 2 aliphatic rings. The summed E-state index contributed by atoms with van der Waals surface area (Å²) >= 11 is 0. The second-order valence-electron chi connectivity index (χ2n) is 5.19. The molecule has 0 aromatic heterocycles. The highest BCUT2D eigenvalue weighted by Gasteiger charge is 2.22. The summed E-state index contributed by atoms with van der Waals surface area (Å²) < 4.78 is 0. The van der Waals surface area contributed by atoms with E-state index in [1.165, 1.54) is 33.0 Å². The van der Waals surface area contributed by atoms with Gasteiger partial charge in [0.15, 0.2) is 0 Å². The highest BCUT2D eigenvalue weighted by molar-refractivity contribution is 5.96. The van der Waals surface area contributed by atoms with Gasteiger partial charge in [0.1, 0.15) is 0 Å². The van der Waals surface area contributed by atoms with Gasteiger partial charge in [-0.15, -0.1) is 0 Å². The van der Waals surface area contributed by atoms with Gasteiger partial charge in [-0.1, -0.05) is 42.5 Å². The molecule has 0 saturated heterocycles. The van der Waals surface area contributed by atoms with Gasteiger partial charge in [-0.3, -0.25) is 0 Å². The lowest BCUT2D eigenvalue weighted by molar-refractivity contribution is 1.41. The van der Waals surface area contributed by atoms with Crippen LogP contribution in [-0.4, -0.2) is 0 Å². The van der Waals surface area contributed by atoms with Gasteiger partial charge in [-0.05, 0) is 46.2 Å². The summed E-state index contributed by atoms with van der Waals surface area (Å²) in [4.78, 5) is 4.74. The van der Waals surface area contributed by atoms with E-state index in [-0.39, 0.29) is 0 Å². The van der Waals surface area contributed by atoms with Crippen molar-refractivity contribution in [3.8, 4) is 22.3 Å². The standard InChI is InChI=1S/C19H10N/c1-2-6-14-12(5-1)11-13-9-10-17-19(18(13)14)15-7-3-4-8-16(15)20-17/h1-4,6-11H. The molecule has 0 unspecified atom stereocenters. The van der Waals surface area contributed by atoms with E-state index in [0.717, 1.165) is 11.0 Å². The zero-order valence-electron chi connectivity index (χ0n) is 10.7. The zero-order chi connectivity index (χ0) is 13.1. The largest absolute Gasteiger partial charge is 0.248 e. The summed E-state index contributed by atoms with van der Waals surface area (Å²) in [5, 5.41) is 2.35. The van der Waals surface area contributed by atoms with Crippen LogP contribution in [0.25, 0.3) is 28.3 Å². The number of nitrogens with zero attached hydrogens (tertiary/aromatic N) is 1. The van der Waals surface area contributed by atoms with Crippen LogP contribution in [0.4, 0.5) is 5.69 Å². The van der Waals surface area contributed by atoms with E-state index in [4.69, 9.17) is 4.99 Å². The number of para-hydroxylation sites is 1. The highest BCUT2D eigenvalue weighted by atomic mass is 14.8. The minimum absolute atomic E-state index is 1.07. The van der Waals surface area contributed by atoms with Crippen LogP contribution in [-0.2, 0) is 0 Å². The summed E-state index contributed by atoms with van der Waals surface area (Å²) in [6.07, 6.45) is 2.21. The van der Waals surface area contributed by atoms with E-state index < -0.39 is 0 Å². The van der Waals surface area contributed by atoms with Crippen molar-refractivity contribution in [2.45, 2.75) is 0 Å². The molecule has 0 amide bonds. The molecule has 5 rings (SSSR count). The number of hydrogen-bond donors (Lipinski definition) is 0. The summed E-state index contributed by atoms with van der Waals surface area (Å²) in [6, 6.07) is 22.2. The van der Waals surface area contributed by atoms with Crippen LogP contribution in [0.5, 0.6) is 0 Å². The Kier molecular flexibility index (Phi) is 1.75. The minimum Gasteiger partial charge on any atom is -0.248 e. The molecule has 20 heavy (non-hydrogen) atoms. The molecule has 3 aromatic rings. The molecule has 0 N–H and O–H groups in total. The monoisotopic (exact) mass is 252 g/mol. The fraction of sp³-hybridized carbons (Fsp3) is 0. The zero-order valence-corrected chi connectivity index (χ0v) is 10.7. The van der Waals surface area contributed by atoms with Crippen LogP contribution in [0.2, 0.25) is 0 Å². The Morgan fingerprint density at radius 1 is 0.800 bits per heavy atom. The van der Waals surface area contributed by atoms with E-state index in [9.17, 15) is 0 Å². The molecule has 1 aliphatic heterocycles. The molecule has 0 spiro atoms.